The summed E-state index contributed by atoms with van der Waals surface area (Å²) in [7, 11) is 1.79. The largest absolute Gasteiger partial charge is 0.481 e. The number of carbonyl (C=O) groups excluding carboxylic acids is 1. The number of carboxylic acid groups (broad SMARTS) is 1. The van der Waals surface area contributed by atoms with Crippen molar-refractivity contribution in [3.05, 3.63) is 0 Å². The van der Waals surface area contributed by atoms with Crippen LogP contribution >= 0.6 is 0 Å². The molecule has 1 amide bonds. The average molecular weight is 280 g/mol. The lowest BCUT2D eigenvalue weighted by molar-refractivity contribution is -0.185. The van der Waals surface area contributed by atoms with Gasteiger partial charge in [-0.25, -0.2) is 0 Å². The molecule has 2 fully saturated rings. The van der Waals surface area contributed by atoms with Gasteiger partial charge in [0.25, 0.3) is 0 Å². The Bertz CT molecular complexity index is 412. The highest BCUT2D eigenvalue weighted by Gasteiger charge is 2.58. The van der Waals surface area contributed by atoms with Gasteiger partial charge in [0.2, 0.25) is 0 Å². The number of amides is 1. The number of likely N-dealkylation sites (tertiary alicyclic amines) is 2. The zero-order chi connectivity index (χ0) is 14.4. The minimum atomic E-state index is -4.95. The summed E-state index contributed by atoms with van der Waals surface area (Å²) in [5.41, 5.74) is -1.23. The van der Waals surface area contributed by atoms with E-state index in [9.17, 15) is 27.9 Å². The van der Waals surface area contributed by atoms with E-state index in [4.69, 9.17) is 0 Å². The standard InChI is InChI=1S/C11H15F3N2O3/c1-15-3-2-10(9(18)19)6-16(5-7(10)4-15)8(17)11(12,13)14/h7H,2-6H2,1H3,(H,18,19)/t7-,10-/m0/s1. The SMILES string of the molecule is CN1CC[C@]2(C(=O)O)CN(C(=O)C(F)(F)F)C[C@@H]2C1. The van der Waals surface area contributed by atoms with Gasteiger partial charge in [0.1, 0.15) is 0 Å². The zero-order valence-corrected chi connectivity index (χ0v) is 10.4. The van der Waals surface area contributed by atoms with Crippen LogP contribution in [0.2, 0.25) is 0 Å². The molecule has 19 heavy (non-hydrogen) atoms. The molecule has 2 atom stereocenters. The first-order valence-electron chi connectivity index (χ1n) is 5.95. The summed E-state index contributed by atoms with van der Waals surface area (Å²) in [6, 6.07) is 0. The van der Waals surface area contributed by atoms with E-state index >= 15 is 0 Å². The number of nitrogens with zero attached hydrogens (tertiary/aromatic N) is 2. The maximum absolute atomic E-state index is 12.4. The van der Waals surface area contributed by atoms with Crippen LogP contribution in [0.1, 0.15) is 6.42 Å². The van der Waals surface area contributed by atoms with E-state index in [2.05, 4.69) is 0 Å². The molecule has 0 saturated carbocycles. The number of aliphatic carboxylic acids is 1. The highest BCUT2D eigenvalue weighted by atomic mass is 19.4. The van der Waals surface area contributed by atoms with Gasteiger partial charge in [-0.3, -0.25) is 9.59 Å². The van der Waals surface area contributed by atoms with Gasteiger partial charge in [0.15, 0.2) is 0 Å². The maximum Gasteiger partial charge on any atom is 0.471 e. The van der Waals surface area contributed by atoms with Gasteiger partial charge in [-0.15, -0.1) is 0 Å². The van der Waals surface area contributed by atoms with E-state index in [1.54, 1.807) is 7.05 Å². The number of alkyl halides is 3. The van der Waals surface area contributed by atoms with Crippen molar-refractivity contribution >= 4 is 11.9 Å². The fraction of sp³-hybridized carbons (Fsp3) is 0.818. The number of carboxylic acids is 1. The normalized spacial score (nSPS) is 32.2. The molecule has 2 rings (SSSR count). The van der Waals surface area contributed by atoms with Crippen molar-refractivity contribution in [1.29, 1.82) is 0 Å². The first-order chi connectivity index (χ1) is 8.67. The molecule has 8 heteroatoms. The molecule has 0 unspecified atom stereocenters. The van der Waals surface area contributed by atoms with Crippen molar-refractivity contribution in [3.63, 3.8) is 0 Å². The van der Waals surface area contributed by atoms with E-state index in [0.29, 0.717) is 18.0 Å². The molecule has 2 heterocycles. The second-order valence-corrected chi connectivity index (χ2v) is 5.35. The van der Waals surface area contributed by atoms with Crippen LogP contribution in [-0.2, 0) is 9.59 Å². The van der Waals surface area contributed by atoms with Crippen LogP contribution in [-0.4, -0.2) is 66.2 Å². The van der Waals surface area contributed by atoms with E-state index < -0.39 is 29.4 Å². The van der Waals surface area contributed by atoms with Gasteiger partial charge >= 0.3 is 18.1 Å². The van der Waals surface area contributed by atoms with Crippen LogP contribution in [0.5, 0.6) is 0 Å². The molecule has 0 spiro atoms. The second-order valence-electron chi connectivity index (χ2n) is 5.35. The van der Waals surface area contributed by atoms with Gasteiger partial charge in [-0.1, -0.05) is 0 Å². The Labute approximate surface area is 108 Å². The monoisotopic (exact) mass is 280 g/mol. The number of hydrogen-bond donors (Lipinski definition) is 1. The van der Waals surface area contributed by atoms with Crippen molar-refractivity contribution < 1.29 is 27.9 Å². The fourth-order valence-corrected chi connectivity index (χ4v) is 3.03. The predicted molar refractivity (Wildman–Crippen MR) is 58.3 cm³/mol. The molecule has 0 bridgehead atoms. The maximum atomic E-state index is 12.4. The van der Waals surface area contributed by atoms with Crippen LogP contribution in [0, 0.1) is 11.3 Å². The van der Waals surface area contributed by atoms with Crippen LogP contribution < -0.4 is 0 Å². The minimum Gasteiger partial charge on any atom is -0.481 e. The summed E-state index contributed by atoms with van der Waals surface area (Å²) in [5.74, 6) is -3.50. The molecular weight excluding hydrogens is 265 g/mol. The number of piperidine rings is 1. The Hall–Kier alpha value is -1.31. The molecule has 1 N–H and O–H groups in total. The minimum absolute atomic E-state index is 0.144. The Balaban J connectivity index is 2.23. The molecule has 0 aromatic rings. The lowest BCUT2D eigenvalue weighted by atomic mass is 9.73. The van der Waals surface area contributed by atoms with Gasteiger partial charge < -0.3 is 14.9 Å². The molecule has 0 aromatic carbocycles. The van der Waals surface area contributed by atoms with Crippen molar-refractivity contribution in [2.45, 2.75) is 12.6 Å². The fourth-order valence-electron chi connectivity index (χ4n) is 3.03. The summed E-state index contributed by atoms with van der Waals surface area (Å²) >= 11 is 0. The third kappa shape index (κ3) is 2.29. The number of hydrogen-bond acceptors (Lipinski definition) is 3. The van der Waals surface area contributed by atoms with E-state index in [1.807, 2.05) is 4.90 Å². The summed E-state index contributed by atoms with van der Waals surface area (Å²) < 4.78 is 37.3. The lowest BCUT2D eigenvalue weighted by Crippen LogP contribution is -2.50. The van der Waals surface area contributed by atoms with Gasteiger partial charge in [-0.2, -0.15) is 13.2 Å². The summed E-state index contributed by atoms with van der Waals surface area (Å²) in [5, 5.41) is 9.35. The smallest absolute Gasteiger partial charge is 0.471 e. The van der Waals surface area contributed by atoms with Crippen molar-refractivity contribution in [2.75, 3.05) is 33.2 Å². The van der Waals surface area contributed by atoms with E-state index in [-0.39, 0.29) is 19.5 Å². The second kappa shape index (κ2) is 4.36. The molecule has 0 radical (unpaired) electrons. The quantitative estimate of drug-likeness (QED) is 0.756. The van der Waals surface area contributed by atoms with Crippen molar-refractivity contribution in [2.24, 2.45) is 11.3 Å². The lowest BCUT2D eigenvalue weighted by Gasteiger charge is -2.38. The highest BCUT2D eigenvalue weighted by Crippen LogP contribution is 2.43. The number of halogens is 3. The van der Waals surface area contributed by atoms with Crippen LogP contribution in [0.15, 0.2) is 0 Å². The van der Waals surface area contributed by atoms with Crippen LogP contribution in [0.4, 0.5) is 13.2 Å². The number of fused-ring (bicyclic) bond motifs is 1. The van der Waals surface area contributed by atoms with Gasteiger partial charge in [0.05, 0.1) is 5.41 Å². The zero-order valence-electron chi connectivity index (χ0n) is 10.4. The summed E-state index contributed by atoms with van der Waals surface area (Å²) in [6.45, 7) is 0.416. The van der Waals surface area contributed by atoms with Gasteiger partial charge in [-0.05, 0) is 20.0 Å². The third-order valence-electron chi connectivity index (χ3n) is 4.12. The highest BCUT2D eigenvalue weighted by molar-refractivity contribution is 5.84. The molecular formula is C11H15F3N2O3. The molecule has 0 aliphatic carbocycles. The van der Waals surface area contributed by atoms with Crippen molar-refractivity contribution in [3.8, 4) is 0 Å². The molecule has 2 saturated heterocycles. The number of carbonyl (C=O) groups is 2. The molecule has 0 aromatic heterocycles. The molecule has 2 aliphatic heterocycles. The summed E-state index contributed by atoms with van der Waals surface area (Å²) in [6.07, 6.45) is -4.68. The Morgan fingerprint density at radius 3 is 2.47 bits per heavy atom. The first-order valence-corrected chi connectivity index (χ1v) is 5.95. The van der Waals surface area contributed by atoms with Crippen LogP contribution in [0.3, 0.4) is 0 Å². The van der Waals surface area contributed by atoms with Crippen molar-refractivity contribution in [1.82, 2.24) is 9.80 Å². The molecule has 2 aliphatic rings. The number of rotatable bonds is 1. The third-order valence-corrected chi connectivity index (χ3v) is 4.12. The Morgan fingerprint density at radius 2 is 1.95 bits per heavy atom. The van der Waals surface area contributed by atoms with E-state index in [1.165, 1.54) is 0 Å². The van der Waals surface area contributed by atoms with E-state index in [0.717, 1.165) is 0 Å². The Morgan fingerprint density at radius 1 is 1.32 bits per heavy atom. The molecule has 5 nitrogen and oxygen atoms in total. The first kappa shape index (κ1) is 14.1. The van der Waals surface area contributed by atoms with Crippen LogP contribution in [0.25, 0.3) is 0 Å². The van der Waals surface area contributed by atoms with Gasteiger partial charge in [0, 0.05) is 25.6 Å². The molecule has 108 valence electrons. The predicted octanol–water partition coefficient (Wildman–Crippen LogP) is 0.414. The summed E-state index contributed by atoms with van der Waals surface area (Å²) in [4.78, 5) is 25.2. The average Bonchev–Trinajstić information content (AvgIpc) is 2.66. The topological polar surface area (TPSA) is 60.9 Å². The Kier molecular flexibility index (Phi) is 3.24.